The second-order valence-corrected chi connectivity index (χ2v) is 6.63. The Balaban J connectivity index is 2.01. The summed E-state index contributed by atoms with van der Waals surface area (Å²) in [6.07, 6.45) is 2.03. The fourth-order valence-corrected chi connectivity index (χ4v) is 3.18. The first-order chi connectivity index (χ1) is 11.6. The number of hydrogen-bond acceptors (Lipinski definition) is 2. The Morgan fingerprint density at radius 3 is 2.62 bits per heavy atom. The van der Waals surface area contributed by atoms with Crippen LogP contribution in [0.2, 0.25) is 5.02 Å². The highest BCUT2D eigenvalue weighted by atomic mass is 35.5. The van der Waals surface area contributed by atoms with E-state index in [4.69, 9.17) is 17.3 Å². The van der Waals surface area contributed by atoms with E-state index in [-0.39, 0.29) is 0 Å². The van der Waals surface area contributed by atoms with Crippen LogP contribution in [0.5, 0.6) is 0 Å². The summed E-state index contributed by atoms with van der Waals surface area (Å²) in [6.45, 7) is 0. The van der Waals surface area contributed by atoms with Gasteiger partial charge < -0.3 is 10.6 Å². The molecular formula is C19H18ClN3S. The van der Waals surface area contributed by atoms with Gasteiger partial charge in [-0.3, -0.25) is 0 Å². The number of hydrogen-bond donors (Lipinski definition) is 1. The highest BCUT2D eigenvalue weighted by molar-refractivity contribution is 7.98. The molecule has 0 aliphatic rings. The van der Waals surface area contributed by atoms with Gasteiger partial charge in [0.2, 0.25) is 5.96 Å². The van der Waals surface area contributed by atoms with Crippen LogP contribution in [-0.2, 0) is 0 Å². The van der Waals surface area contributed by atoms with E-state index >= 15 is 0 Å². The molecule has 0 aliphatic carbocycles. The molecule has 3 rings (SSSR count). The Bertz CT molecular complexity index is 903. The standard InChI is InChI=1S/C19H18ClN3S/c1-23(18-12-14(24-2)10-11-16(18)20)19(21)22-17-9-5-7-13-6-3-4-8-15(13)17/h3-12H,1-2H3,(H2,21,22). The Morgan fingerprint density at radius 2 is 1.83 bits per heavy atom. The topological polar surface area (TPSA) is 41.6 Å². The molecule has 0 aromatic heterocycles. The number of rotatable bonds is 3. The number of anilines is 1. The van der Waals surface area contributed by atoms with Gasteiger partial charge in [-0.15, -0.1) is 11.8 Å². The lowest BCUT2D eigenvalue weighted by Gasteiger charge is -2.20. The zero-order valence-corrected chi connectivity index (χ0v) is 15.1. The third-order valence-electron chi connectivity index (χ3n) is 3.86. The van der Waals surface area contributed by atoms with Crippen LogP contribution in [0, 0.1) is 0 Å². The van der Waals surface area contributed by atoms with Crippen molar-refractivity contribution in [2.24, 2.45) is 10.7 Å². The predicted octanol–water partition coefficient (Wildman–Crippen LogP) is 5.30. The zero-order chi connectivity index (χ0) is 17.1. The molecule has 0 bridgehead atoms. The van der Waals surface area contributed by atoms with Gasteiger partial charge in [0.05, 0.1) is 16.4 Å². The Kier molecular flexibility index (Phi) is 4.97. The van der Waals surface area contributed by atoms with E-state index < -0.39 is 0 Å². The summed E-state index contributed by atoms with van der Waals surface area (Å²) < 4.78 is 0. The summed E-state index contributed by atoms with van der Waals surface area (Å²) in [5.74, 6) is 0.395. The fourth-order valence-electron chi connectivity index (χ4n) is 2.50. The van der Waals surface area contributed by atoms with E-state index in [9.17, 15) is 0 Å². The van der Waals surface area contributed by atoms with Crippen molar-refractivity contribution in [2.45, 2.75) is 4.90 Å². The van der Waals surface area contributed by atoms with E-state index in [0.717, 1.165) is 27.0 Å². The Labute approximate surface area is 151 Å². The average Bonchev–Trinajstić information content (AvgIpc) is 2.62. The zero-order valence-electron chi connectivity index (χ0n) is 13.5. The van der Waals surface area contributed by atoms with Crippen LogP contribution in [0.15, 0.2) is 70.6 Å². The number of nitrogens with two attached hydrogens (primary N) is 1. The Hall–Kier alpha value is -2.17. The van der Waals surface area contributed by atoms with Gasteiger partial charge in [-0.05, 0) is 35.9 Å². The summed E-state index contributed by atoms with van der Waals surface area (Å²) in [5, 5.41) is 2.85. The molecule has 122 valence electrons. The molecule has 0 spiro atoms. The molecule has 0 aliphatic heterocycles. The lowest BCUT2D eigenvalue weighted by atomic mass is 10.1. The number of aliphatic imine (C=N–C) groups is 1. The van der Waals surface area contributed by atoms with Crippen molar-refractivity contribution >= 4 is 51.5 Å². The highest BCUT2D eigenvalue weighted by Gasteiger charge is 2.11. The smallest absolute Gasteiger partial charge is 0.200 e. The van der Waals surface area contributed by atoms with Crippen LogP contribution in [-0.4, -0.2) is 19.3 Å². The molecule has 24 heavy (non-hydrogen) atoms. The average molecular weight is 356 g/mol. The molecule has 0 heterocycles. The number of fused-ring (bicyclic) bond motifs is 1. The van der Waals surface area contributed by atoms with Crippen molar-refractivity contribution < 1.29 is 0 Å². The molecule has 3 aromatic rings. The molecule has 2 N–H and O–H groups in total. The molecule has 0 saturated carbocycles. The van der Waals surface area contributed by atoms with Crippen molar-refractivity contribution in [3.05, 3.63) is 65.7 Å². The van der Waals surface area contributed by atoms with Gasteiger partial charge in [0.25, 0.3) is 0 Å². The summed E-state index contributed by atoms with van der Waals surface area (Å²) in [4.78, 5) is 7.55. The molecule has 0 atom stereocenters. The van der Waals surface area contributed by atoms with E-state index in [1.165, 1.54) is 0 Å². The first kappa shape index (κ1) is 16.7. The van der Waals surface area contributed by atoms with Crippen molar-refractivity contribution in [3.63, 3.8) is 0 Å². The van der Waals surface area contributed by atoms with Crippen LogP contribution in [0.1, 0.15) is 0 Å². The minimum atomic E-state index is 0.395. The van der Waals surface area contributed by atoms with Gasteiger partial charge in [0.1, 0.15) is 0 Å². The minimum Gasteiger partial charge on any atom is -0.369 e. The normalized spacial score (nSPS) is 11.7. The molecule has 3 aromatic carbocycles. The van der Waals surface area contributed by atoms with E-state index in [0.29, 0.717) is 11.0 Å². The van der Waals surface area contributed by atoms with Gasteiger partial charge in [-0.1, -0.05) is 48.0 Å². The van der Waals surface area contributed by atoms with Gasteiger partial charge in [0, 0.05) is 17.3 Å². The van der Waals surface area contributed by atoms with Crippen LogP contribution < -0.4 is 10.6 Å². The quantitative estimate of drug-likeness (QED) is 0.394. The summed E-state index contributed by atoms with van der Waals surface area (Å²) in [5.41, 5.74) is 7.92. The molecule has 3 nitrogen and oxygen atoms in total. The number of halogens is 1. The predicted molar refractivity (Wildman–Crippen MR) is 107 cm³/mol. The monoisotopic (exact) mass is 355 g/mol. The number of nitrogens with zero attached hydrogens (tertiary/aromatic N) is 2. The minimum absolute atomic E-state index is 0.395. The fraction of sp³-hybridized carbons (Fsp3) is 0.105. The van der Waals surface area contributed by atoms with Crippen molar-refractivity contribution in [1.82, 2.24) is 0 Å². The first-order valence-corrected chi connectivity index (χ1v) is 9.09. The van der Waals surface area contributed by atoms with Gasteiger partial charge >= 0.3 is 0 Å². The molecule has 0 fully saturated rings. The second kappa shape index (κ2) is 7.16. The molecule has 0 saturated heterocycles. The summed E-state index contributed by atoms with van der Waals surface area (Å²) in [6, 6.07) is 20.0. The van der Waals surface area contributed by atoms with E-state index in [1.807, 2.05) is 66.7 Å². The van der Waals surface area contributed by atoms with E-state index in [1.54, 1.807) is 11.8 Å². The maximum atomic E-state index is 6.33. The van der Waals surface area contributed by atoms with Crippen LogP contribution in [0.25, 0.3) is 10.8 Å². The number of thioether (sulfide) groups is 1. The lowest BCUT2D eigenvalue weighted by molar-refractivity contribution is 1.21. The third kappa shape index (κ3) is 3.35. The van der Waals surface area contributed by atoms with Gasteiger partial charge in [-0.2, -0.15) is 0 Å². The third-order valence-corrected chi connectivity index (χ3v) is 4.90. The summed E-state index contributed by atoms with van der Waals surface area (Å²) in [7, 11) is 1.87. The van der Waals surface area contributed by atoms with E-state index in [2.05, 4.69) is 17.1 Å². The largest absolute Gasteiger partial charge is 0.369 e. The van der Waals surface area contributed by atoms with Crippen molar-refractivity contribution in [1.29, 1.82) is 0 Å². The molecule has 0 unspecified atom stereocenters. The molecule has 5 heteroatoms. The van der Waals surface area contributed by atoms with Gasteiger partial charge in [-0.25, -0.2) is 4.99 Å². The van der Waals surface area contributed by atoms with Crippen LogP contribution in [0.3, 0.4) is 0 Å². The maximum absolute atomic E-state index is 6.33. The highest BCUT2D eigenvalue weighted by Crippen LogP contribution is 2.31. The maximum Gasteiger partial charge on any atom is 0.200 e. The molecule has 0 amide bonds. The molecule has 0 radical (unpaired) electrons. The van der Waals surface area contributed by atoms with Crippen LogP contribution >= 0.6 is 23.4 Å². The summed E-state index contributed by atoms with van der Waals surface area (Å²) >= 11 is 7.99. The van der Waals surface area contributed by atoms with Crippen molar-refractivity contribution in [2.75, 3.05) is 18.2 Å². The molecular weight excluding hydrogens is 338 g/mol. The SMILES string of the molecule is CSc1ccc(Cl)c(N(C)C(N)=Nc2cccc3ccccc23)c1. The van der Waals surface area contributed by atoms with Crippen LogP contribution in [0.4, 0.5) is 11.4 Å². The Morgan fingerprint density at radius 1 is 1.08 bits per heavy atom. The first-order valence-electron chi connectivity index (χ1n) is 7.49. The van der Waals surface area contributed by atoms with Gasteiger partial charge in [0.15, 0.2) is 0 Å². The number of guanidine groups is 1. The lowest BCUT2D eigenvalue weighted by Crippen LogP contribution is -2.33. The second-order valence-electron chi connectivity index (χ2n) is 5.34. The number of benzene rings is 3. The van der Waals surface area contributed by atoms with Crippen molar-refractivity contribution in [3.8, 4) is 0 Å².